The number of aromatic amines is 1. The van der Waals surface area contributed by atoms with Crippen LogP contribution in [0.1, 0.15) is 31.4 Å². The van der Waals surface area contributed by atoms with Crippen molar-refractivity contribution >= 4 is 45.9 Å². The number of amides is 1. The van der Waals surface area contributed by atoms with E-state index in [4.69, 9.17) is 9.47 Å². The highest BCUT2D eigenvalue weighted by molar-refractivity contribution is 7.99. The van der Waals surface area contributed by atoms with Crippen LogP contribution in [0.2, 0.25) is 0 Å². The Kier molecular flexibility index (Phi) is 6.15. The van der Waals surface area contributed by atoms with Crippen molar-refractivity contribution in [3.05, 3.63) is 21.8 Å². The van der Waals surface area contributed by atoms with Crippen LogP contribution in [0.15, 0.2) is 5.16 Å². The van der Waals surface area contributed by atoms with Gasteiger partial charge in [-0.15, -0.1) is 16.4 Å². The predicted octanol–water partition coefficient (Wildman–Crippen LogP) is 1.79. The van der Waals surface area contributed by atoms with Gasteiger partial charge in [-0.25, -0.2) is 14.6 Å². The van der Waals surface area contributed by atoms with E-state index in [2.05, 4.69) is 20.5 Å². The Morgan fingerprint density at radius 2 is 1.88 bits per heavy atom. The number of hydrogen-bond acceptors (Lipinski definition) is 9. The zero-order valence-corrected chi connectivity index (χ0v) is 15.6. The second-order valence-corrected chi connectivity index (χ2v) is 6.75. The molecule has 134 valence electrons. The van der Waals surface area contributed by atoms with Crippen LogP contribution in [0, 0.1) is 13.8 Å². The van der Waals surface area contributed by atoms with Crippen LogP contribution >= 0.6 is 23.1 Å². The third kappa shape index (κ3) is 4.37. The molecule has 0 fully saturated rings. The number of aryl methyl sites for hydroxylation is 1. The summed E-state index contributed by atoms with van der Waals surface area (Å²) in [4.78, 5) is 40.3. The van der Waals surface area contributed by atoms with Gasteiger partial charge in [0.25, 0.3) is 0 Å². The van der Waals surface area contributed by atoms with Crippen LogP contribution in [0.4, 0.5) is 5.00 Å². The normalized spacial score (nSPS) is 10.4. The predicted molar refractivity (Wildman–Crippen MR) is 92.2 cm³/mol. The summed E-state index contributed by atoms with van der Waals surface area (Å²) in [7, 11) is 2.47. The molecule has 2 N–H and O–H groups in total. The second-order valence-electron chi connectivity index (χ2n) is 4.78. The third-order valence-electron chi connectivity index (χ3n) is 3.07. The van der Waals surface area contributed by atoms with Crippen molar-refractivity contribution in [2.75, 3.05) is 25.3 Å². The third-order valence-corrected chi connectivity index (χ3v) is 5.10. The van der Waals surface area contributed by atoms with E-state index in [1.54, 1.807) is 13.8 Å². The maximum atomic E-state index is 12.2. The summed E-state index contributed by atoms with van der Waals surface area (Å²) in [6.45, 7) is 3.35. The number of ether oxygens (including phenoxy) is 2. The molecule has 9 nitrogen and oxygen atoms in total. The molecule has 0 atom stereocenters. The molecule has 2 rings (SSSR count). The molecule has 11 heteroatoms. The molecular weight excluding hydrogens is 368 g/mol. The zero-order valence-electron chi connectivity index (χ0n) is 14.0. The number of nitrogens with one attached hydrogen (secondary N) is 2. The Morgan fingerprint density at radius 3 is 2.44 bits per heavy atom. The summed E-state index contributed by atoms with van der Waals surface area (Å²) in [5, 5.41) is 9.91. The highest BCUT2D eigenvalue weighted by Gasteiger charge is 2.26. The van der Waals surface area contributed by atoms with Gasteiger partial charge in [0.2, 0.25) is 11.1 Å². The van der Waals surface area contributed by atoms with Crippen molar-refractivity contribution in [2.45, 2.75) is 19.0 Å². The lowest BCUT2D eigenvalue weighted by molar-refractivity contribution is -0.113. The van der Waals surface area contributed by atoms with E-state index in [0.29, 0.717) is 16.5 Å². The first-order chi connectivity index (χ1) is 11.9. The number of anilines is 1. The van der Waals surface area contributed by atoms with Gasteiger partial charge in [-0.3, -0.25) is 9.89 Å². The molecule has 0 aromatic carbocycles. The number of nitrogens with zero attached hydrogens (tertiary/aromatic N) is 2. The van der Waals surface area contributed by atoms with Gasteiger partial charge in [-0.2, -0.15) is 0 Å². The second kappa shape index (κ2) is 8.12. The van der Waals surface area contributed by atoms with Gasteiger partial charge < -0.3 is 14.8 Å². The number of carbonyl (C=O) groups is 3. The van der Waals surface area contributed by atoms with Crippen molar-refractivity contribution < 1.29 is 23.9 Å². The van der Waals surface area contributed by atoms with E-state index in [9.17, 15) is 14.4 Å². The number of carbonyl (C=O) groups excluding carboxylic acids is 3. The van der Waals surface area contributed by atoms with E-state index < -0.39 is 11.9 Å². The zero-order chi connectivity index (χ0) is 18.6. The van der Waals surface area contributed by atoms with Crippen molar-refractivity contribution in [2.24, 2.45) is 0 Å². The fourth-order valence-corrected chi connectivity index (χ4v) is 3.69. The fourth-order valence-electron chi connectivity index (χ4n) is 1.92. The molecule has 25 heavy (non-hydrogen) atoms. The van der Waals surface area contributed by atoms with Crippen LogP contribution < -0.4 is 5.32 Å². The minimum absolute atomic E-state index is 0.0441. The van der Waals surface area contributed by atoms with Crippen LogP contribution in [0.3, 0.4) is 0 Å². The van der Waals surface area contributed by atoms with Crippen molar-refractivity contribution in [3.63, 3.8) is 0 Å². The lowest BCUT2D eigenvalue weighted by Crippen LogP contribution is -2.16. The summed E-state index contributed by atoms with van der Waals surface area (Å²) in [5.41, 5.74) is 0.538. The minimum Gasteiger partial charge on any atom is -0.465 e. The van der Waals surface area contributed by atoms with E-state index in [-0.39, 0.29) is 27.1 Å². The Bertz CT molecular complexity index is 814. The summed E-state index contributed by atoms with van der Waals surface area (Å²) in [6.07, 6.45) is 0. The number of H-pyrrole nitrogens is 1. The minimum atomic E-state index is -0.642. The van der Waals surface area contributed by atoms with E-state index in [1.165, 1.54) is 14.2 Å². The average molecular weight is 384 g/mol. The quantitative estimate of drug-likeness (QED) is 0.571. The number of thiophene rings is 1. The summed E-state index contributed by atoms with van der Waals surface area (Å²) in [5.74, 6) is -0.902. The monoisotopic (exact) mass is 384 g/mol. The van der Waals surface area contributed by atoms with Gasteiger partial charge in [0.1, 0.15) is 15.7 Å². The average Bonchev–Trinajstić information content (AvgIpc) is 3.15. The maximum Gasteiger partial charge on any atom is 0.348 e. The first kappa shape index (κ1) is 18.9. The molecule has 0 saturated carbocycles. The van der Waals surface area contributed by atoms with Gasteiger partial charge in [0, 0.05) is 0 Å². The Balaban J connectivity index is 2.17. The molecule has 2 heterocycles. The molecule has 1 amide bonds. The van der Waals surface area contributed by atoms with Crippen LogP contribution in [-0.4, -0.2) is 53.0 Å². The smallest absolute Gasteiger partial charge is 0.348 e. The Labute approximate surface area is 151 Å². The standard InChI is InChI=1S/C14H16N4O5S2/c1-6-9(12(20)22-3)11(25-10(6)13(21)23-4)16-8(19)5-24-14-15-7(2)17-18-14/h5H2,1-4H3,(H,16,19)(H,15,17,18). The molecule has 0 aliphatic rings. The fraction of sp³-hybridized carbons (Fsp3) is 0.357. The molecule has 0 unspecified atom stereocenters. The topological polar surface area (TPSA) is 123 Å². The molecular formula is C14H16N4O5S2. The van der Waals surface area contributed by atoms with Gasteiger partial charge in [0.15, 0.2) is 0 Å². The van der Waals surface area contributed by atoms with Gasteiger partial charge in [0.05, 0.1) is 25.5 Å². The molecule has 0 aliphatic carbocycles. The van der Waals surface area contributed by atoms with Crippen molar-refractivity contribution in [1.82, 2.24) is 15.2 Å². The van der Waals surface area contributed by atoms with Crippen LogP contribution in [-0.2, 0) is 14.3 Å². The lowest BCUT2D eigenvalue weighted by atomic mass is 10.1. The molecule has 0 spiro atoms. The molecule has 0 aliphatic heterocycles. The van der Waals surface area contributed by atoms with Gasteiger partial charge in [-0.05, 0) is 19.4 Å². The van der Waals surface area contributed by atoms with Crippen molar-refractivity contribution in [3.8, 4) is 0 Å². The van der Waals surface area contributed by atoms with E-state index in [0.717, 1.165) is 23.1 Å². The summed E-state index contributed by atoms with van der Waals surface area (Å²) in [6, 6.07) is 0. The first-order valence-corrected chi connectivity index (χ1v) is 8.79. The maximum absolute atomic E-state index is 12.2. The first-order valence-electron chi connectivity index (χ1n) is 6.99. The summed E-state index contributed by atoms with van der Waals surface area (Å²) >= 11 is 2.10. The van der Waals surface area contributed by atoms with Gasteiger partial charge in [-0.1, -0.05) is 11.8 Å². The highest BCUT2D eigenvalue weighted by Crippen LogP contribution is 2.34. The SMILES string of the molecule is COC(=O)c1sc(NC(=O)CSc2n[nH]c(C)n2)c(C(=O)OC)c1C. The molecule has 0 saturated heterocycles. The van der Waals surface area contributed by atoms with Crippen LogP contribution in [0.25, 0.3) is 0 Å². The Hall–Kier alpha value is -2.40. The number of esters is 2. The summed E-state index contributed by atoms with van der Waals surface area (Å²) < 4.78 is 9.43. The molecule has 0 radical (unpaired) electrons. The number of thioether (sulfide) groups is 1. The van der Waals surface area contributed by atoms with Crippen LogP contribution in [0.5, 0.6) is 0 Å². The van der Waals surface area contributed by atoms with E-state index in [1.807, 2.05) is 0 Å². The molecule has 2 aromatic heterocycles. The lowest BCUT2D eigenvalue weighted by Gasteiger charge is -2.05. The largest absolute Gasteiger partial charge is 0.465 e. The number of methoxy groups -OCH3 is 2. The van der Waals surface area contributed by atoms with E-state index >= 15 is 0 Å². The number of hydrogen-bond donors (Lipinski definition) is 2. The number of aromatic nitrogens is 3. The highest BCUT2D eigenvalue weighted by atomic mass is 32.2. The van der Waals surface area contributed by atoms with Crippen molar-refractivity contribution in [1.29, 1.82) is 0 Å². The molecule has 2 aromatic rings. The Morgan fingerprint density at radius 1 is 1.20 bits per heavy atom. The molecule has 0 bridgehead atoms. The van der Waals surface area contributed by atoms with Gasteiger partial charge >= 0.3 is 11.9 Å². The number of rotatable bonds is 6.